The van der Waals surface area contributed by atoms with Gasteiger partial charge in [-0.25, -0.2) is 4.21 Å². The zero-order chi connectivity index (χ0) is 7.49. The minimum absolute atomic E-state index is 0.223. The Balaban J connectivity index is 3.86. The third-order valence-corrected chi connectivity index (χ3v) is 2.04. The van der Waals surface area contributed by atoms with E-state index in [0.29, 0.717) is 0 Å². The average molecular weight is 148 g/mol. The van der Waals surface area contributed by atoms with E-state index in [-0.39, 0.29) is 11.2 Å². The SMILES string of the molecule is C=CC(C)(C)CS(=O)O. The molecule has 2 nitrogen and oxygen atoms in total. The van der Waals surface area contributed by atoms with Gasteiger partial charge in [0.25, 0.3) is 0 Å². The van der Waals surface area contributed by atoms with Crippen LogP contribution in [0.25, 0.3) is 0 Å². The highest BCUT2D eigenvalue weighted by atomic mass is 32.2. The molecule has 0 radical (unpaired) electrons. The van der Waals surface area contributed by atoms with Gasteiger partial charge >= 0.3 is 0 Å². The zero-order valence-corrected chi connectivity index (χ0v) is 6.57. The minimum atomic E-state index is -1.71. The molecule has 0 saturated carbocycles. The summed E-state index contributed by atoms with van der Waals surface area (Å²) in [5.74, 6) is 0.260. The Morgan fingerprint density at radius 3 is 2.33 bits per heavy atom. The van der Waals surface area contributed by atoms with Crippen LogP contribution in [0.4, 0.5) is 0 Å². The smallest absolute Gasteiger partial charge is 0.153 e. The van der Waals surface area contributed by atoms with Crippen LogP contribution in [0.5, 0.6) is 0 Å². The molecule has 54 valence electrons. The average Bonchev–Trinajstić information content (AvgIpc) is 1.63. The normalized spacial score (nSPS) is 15.0. The summed E-state index contributed by atoms with van der Waals surface area (Å²) in [6.07, 6.45) is 1.68. The molecule has 0 aromatic carbocycles. The fraction of sp³-hybridized carbons (Fsp3) is 0.667. The maximum Gasteiger partial charge on any atom is 0.153 e. The van der Waals surface area contributed by atoms with Crippen LogP contribution in [0.2, 0.25) is 0 Å². The van der Waals surface area contributed by atoms with E-state index in [9.17, 15) is 4.21 Å². The van der Waals surface area contributed by atoms with Crippen molar-refractivity contribution in [2.24, 2.45) is 5.41 Å². The van der Waals surface area contributed by atoms with E-state index >= 15 is 0 Å². The number of allylic oxidation sites excluding steroid dienone is 1. The third kappa shape index (κ3) is 4.36. The van der Waals surface area contributed by atoms with E-state index in [1.54, 1.807) is 6.08 Å². The molecule has 0 aromatic heterocycles. The summed E-state index contributed by atoms with van der Waals surface area (Å²) in [7, 11) is 0. The molecule has 3 heteroatoms. The van der Waals surface area contributed by atoms with Crippen molar-refractivity contribution < 1.29 is 8.76 Å². The Hall–Kier alpha value is -0.150. The van der Waals surface area contributed by atoms with Crippen molar-refractivity contribution in [2.75, 3.05) is 5.75 Å². The van der Waals surface area contributed by atoms with Gasteiger partial charge in [-0.05, 0) is 5.41 Å². The maximum absolute atomic E-state index is 10.2. The first-order valence-corrected chi connectivity index (χ1v) is 3.96. The Kier molecular flexibility index (Phi) is 3.08. The lowest BCUT2D eigenvalue weighted by Gasteiger charge is -2.15. The van der Waals surface area contributed by atoms with Crippen molar-refractivity contribution in [1.82, 2.24) is 0 Å². The van der Waals surface area contributed by atoms with E-state index in [1.807, 2.05) is 13.8 Å². The van der Waals surface area contributed by atoms with Gasteiger partial charge in [-0.3, -0.25) is 0 Å². The standard InChI is InChI=1S/C6H12O2S/c1-4-6(2,3)5-9(7)8/h4H,1,5H2,2-3H3,(H,7,8). The topological polar surface area (TPSA) is 37.3 Å². The van der Waals surface area contributed by atoms with Crippen LogP contribution in [-0.4, -0.2) is 14.5 Å². The van der Waals surface area contributed by atoms with Crippen LogP contribution in [0.15, 0.2) is 12.7 Å². The van der Waals surface area contributed by atoms with Crippen LogP contribution in [0, 0.1) is 5.41 Å². The molecule has 0 heterocycles. The van der Waals surface area contributed by atoms with Gasteiger partial charge in [0, 0.05) is 0 Å². The fourth-order valence-corrected chi connectivity index (χ4v) is 1.13. The molecule has 0 spiro atoms. The molecule has 0 bridgehead atoms. The van der Waals surface area contributed by atoms with E-state index in [2.05, 4.69) is 6.58 Å². The predicted molar refractivity (Wildman–Crippen MR) is 39.6 cm³/mol. The number of rotatable bonds is 3. The van der Waals surface area contributed by atoms with Crippen LogP contribution < -0.4 is 0 Å². The van der Waals surface area contributed by atoms with Crippen molar-refractivity contribution in [3.05, 3.63) is 12.7 Å². The second-order valence-electron chi connectivity index (χ2n) is 2.66. The Bertz CT molecular complexity index is 129. The lowest BCUT2D eigenvalue weighted by Crippen LogP contribution is -2.16. The van der Waals surface area contributed by atoms with Crippen LogP contribution in [0.1, 0.15) is 13.8 Å². The van der Waals surface area contributed by atoms with E-state index in [1.165, 1.54) is 0 Å². The summed E-state index contributed by atoms with van der Waals surface area (Å²) in [6.45, 7) is 7.28. The summed E-state index contributed by atoms with van der Waals surface area (Å²) >= 11 is -1.71. The Morgan fingerprint density at radius 1 is 1.78 bits per heavy atom. The first kappa shape index (κ1) is 8.85. The highest BCUT2D eigenvalue weighted by Crippen LogP contribution is 2.16. The lowest BCUT2D eigenvalue weighted by atomic mass is 9.97. The molecule has 0 saturated heterocycles. The second kappa shape index (κ2) is 3.13. The van der Waals surface area contributed by atoms with Crippen molar-refractivity contribution in [1.29, 1.82) is 0 Å². The summed E-state index contributed by atoms with van der Waals surface area (Å²) in [5, 5.41) is 0. The van der Waals surface area contributed by atoms with Gasteiger partial charge in [0.1, 0.15) is 0 Å². The predicted octanol–water partition coefficient (Wildman–Crippen LogP) is 1.42. The maximum atomic E-state index is 10.2. The Labute approximate surface area is 58.3 Å². The van der Waals surface area contributed by atoms with E-state index in [0.717, 1.165) is 0 Å². The minimum Gasteiger partial charge on any atom is -0.306 e. The van der Waals surface area contributed by atoms with E-state index < -0.39 is 11.1 Å². The largest absolute Gasteiger partial charge is 0.306 e. The quantitative estimate of drug-likeness (QED) is 0.485. The number of hydrogen-bond donors (Lipinski definition) is 1. The van der Waals surface area contributed by atoms with Crippen LogP contribution in [-0.2, 0) is 11.1 Å². The number of hydrogen-bond acceptors (Lipinski definition) is 1. The molecule has 0 aliphatic heterocycles. The van der Waals surface area contributed by atoms with Gasteiger partial charge in [0.2, 0.25) is 0 Å². The molecule has 1 unspecified atom stereocenters. The molecule has 0 amide bonds. The van der Waals surface area contributed by atoms with Crippen LogP contribution >= 0.6 is 0 Å². The van der Waals surface area contributed by atoms with Crippen molar-refractivity contribution in [3.8, 4) is 0 Å². The van der Waals surface area contributed by atoms with Gasteiger partial charge in [-0.2, -0.15) is 0 Å². The fourth-order valence-electron chi connectivity index (χ4n) is 0.377. The highest BCUT2D eigenvalue weighted by molar-refractivity contribution is 7.79. The first-order valence-electron chi connectivity index (χ1n) is 2.69. The molecule has 0 aromatic rings. The zero-order valence-electron chi connectivity index (χ0n) is 5.76. The second-order valence-corrected chi connectivity index (χ2v) is 3.59. The van der Waals surface area contributed by atoms with Gasteiger partial charge < -0.3 is 4.55 Å². The monoisotopic (exact) mass is 148 g/mol. The summed E-state index contributed by atoms with van der Waals surface area (Å²) < 4.78 is 18.7. The molecule has 9 heavy (non-hydrogen) atoms. The first-order chi connectivity index (χ1) is 3.98. The van der Waals surface area contributed by atoms with Crippen molar-refractivity contribution in [2.45, 2.75) is 13.8 Å². The molecule has 0 aliphatic carbocycles. The lowest BCUT2D eigenvalue weighted by molar-refractivity contribution is 0.505. The summed E-state index contributed by atoms with van der Waals surface area (Å²) in [5.41, 5.74) is -0.223. The third-order valence-electron chi connectivity index (χ3n) is 1.05. The van der Waals surface area contributed by atoms with E-state index in [4.69, 9.17) is 4.55 Å². The molecule has 0 fully saturated rings. The molecule has 0 aliphatic rings. The van der Waals surface area contributed by atoms with Gasteiger partial charge in [-0.1, -0.05) is 19.9 Å². The Morgan fingerprint density at radius 2 is 2.22 bits per heavy atom. The molecule has 1 atom stereocenters. The molecular weight excluding hydrogens is 136 g/mol. The summed E-state index contributed by atoms with van der Waals surface area (Å²) in [4.78, 5) is 0. The van der Waals surface area contributed by atoms with Gasteiger partial charge in [-0.15, -0.1) is 6.58 Å². The summed E-state index contributed by atoms with van der Waals surface area (Å²) in [6, 6.07) is 0. The van der Waals surface area contributed by atoms with Crippen molar-refractivity contribution >= 4 is 11.1 Å². The van der Waals surface area contributed by atoms with Gasteiger partial charge in [0.15, 0.2) is 11.1 Å². The van der Waals surface area contributed by atoms with Crippen LogP contribution in [0.3, 0.4) is 0 Å². The van der Waals surface area contributed by atoms with Gasteiger partial charge in [0.05, 0.1) is 5.75 Å². The molecule has 1 N–H and O–H groups in total. The molecule has 0 rings (SSSR count). The highest BCUT2D eigenvalue weighted by Gasteiger charge is 2.15. The molecular formula is C6H12O2S. The van der Waals surface area contributed by atoms with Crippen molar-refractivity contribution in [3.63, 3.8) is 0 Å².